The Kier molecular flexibility index (Phi) is 5.10. The Bertz CT molecular complexity index is 630. The van der Waals surface area contributed by atoms with Crippen molar-refractivity contribution in [3.05, 3.63) is 0 Å². The van der Waals surface area contributed by atoms with Crippen molar-refractivity contribution in [3.63, 3.8) is 0 Å². The van der Waals surface area contributed by atoms with Gasteiger partial charge >= 0.3 is 5.97 Å². The van der Waals surface area contributed by atoms with Crippen LogP contribution in [0.4, 0.5) is 0 Å². The van der Waals surface area contributed by atoms with Gasteiger partial charge in [0.1, 0.15) is 6.10 Å². The summed E-state index contributed by atoms with van der Waals surface area (Å²) in [4.78, 5) is 11.7. The molecule has 0 aromatic carbocycles. The highest BCUT2D eigenvalue weighted by Gasteiger charge is 2.62. The average molecular weight is 423 g/mol. The van der Waals surface area contributed by atoms with E-state index >= 15 is 0 Å². The zero-order valence-electron chi connectivity index (χ0n) is 18.0. The second-order valence-electron chi connectivity index (χ2n) is 11.0. The number of fused-ring (bicyclic) bond motifs is 5. The number of rotatable bonds is 1. The lowest BCUT2D eigenvalue weighted by Crippen LogP contribution is -2.55. The van der Waals surface area contributed by atoms with Crippen molar-refractivity contribution in [3.8, 4) is 0 Å². The van der Waals surface area contributed by atoms with Crippen molar-refractivity contribution >= 4 is 29.5 Å². The fourth-order valence-corrected chi connectivity index (χ4v) is 11.9. The minimum Gasteiger partial charge on any atom is -0.462 e. The fraction of sp³-hybridized carbons (Fsp3) is 0.958. The molecular weight excluding hydrogens is 384 g/mol. The average Bonchev–Trinajstić information content (AvgIpc) is 2.99. The van der Waals surface area contributed by atoms with E-state index in [9.17, 15) is 4.79 Å². The zero-order valence-corrected chi connectivity index (χ0v) is 19.6. The van der Waals surface area contributed by atoms with Gasteiger partial charge in [0, 0.05) is 12.3 Å². The van der Waals surface area contributed by atoms with E-state index in [0.717, 1.165) is 30.1 Å². The van der Waals surface area contributed by atoms with Crippen LogP contribution in [0, 0.1) is 34.5 Å². The van der Waals surface area contributed by atoms with Crippen molar-refractivity contribution in [1.82, 2.24) is 0 Å². The lowest BCUT2D eigenvalue weighted by atomic mass is 9.45. The van der Waals surface area contributed by atoms with Gasteiger partial charge in [0.05, 0.1) is 4.08 Å². The number of hydrogen-bond donors (Lipinski definition) is 0. The SMILES string of the molecule is CC(=O)OC1CCC2C3CCC4CC5(CCC4(C)C3CCC12C)SCCCS5. The van der Waals surface area contributed by atoms with Crippen LogP contribution in [0.3, 0.4) is 0 Å². The van der Waals surface area contributed by atoms with Crippen molar-refractivity contribution in [1.29, 1.82) is 0 Å². The van der Waals surface area contributed by atoms with E-state index in [1.54, 1.807) is 6.92 Å². The van der Waals surface area contributed by atoms with Gasteiger partial charge < -0.3 is 4.74 Å². The van der Waals surface area contributed by atoms with Crippen LogP contribution >= 0.6 is 23.5 Å². The molecule has 1 aliphatic heterocycles. The molecule has 5 aliphatic rings. The Morgan fingerprint density at radius 2 is 1.64 bits per heavy atom. The maximum Gasteiger partial charge on any atom is 0.302 e. The van der Waals surface area contributed by atoms with Crippen molar-refractivity contribution in [2.75, 3.05) is 11.5 Å². The van der Waals surface area contributed by atoms with Crippen LogP contribution in [-0.4, -0.2) is 27.7 Å². The first-order valence-corrected chi connectivity index (χ1v) is 13.8. The van der Waals surface area contributed by atoms with Crippen LogP contribution in [0.15, 0.2) is 0 Å². The topological polar surface area (TPSA) is 26.3 Å². The summed E-state index contributed by atoms with van der Waals surface area (Å²) >= 11 is 4.61. The molecule has 7 atom stereocenters. The molecule has 0 aromatic heterocycles. The minimum atomic E-state index is -0.0790. The smallest absolute Gasteiger partial charge is 0.302 e. The molecule has 4 aliphatic carbocycles. The van der Waals surface area contributed by atoms with Gasteiger partial charge in [0.2, 0.25) is 0 Å². The molecule has 4 heteroatoms. The molecule has 2 nitrogen and oxygen atoms in total. The molecule has 1 spiro atoms. The number of thioether (sulfide) groups is 2. The van der Waals surface area contributed by atoms with Crippen LogP contribution in [-0.2, 0) is 9.53 Å². The van der Waals surface area contributed by atoms with Gasteiger partial charge in [-0.2, -0.15) is 0 Å². The Hall–Kier alpha value is 0.170. The summed E-state index contributed by atoms with van der Waals surface area (Å²) in [6, 6.07) is 0. The lowest BCUT2D eigenvalue weighted by molar-refractivity contribution is -0.161. The maximum absolute atomic E-state index is 11.7. The van der Waals surface area contributed by atoms with E-state index in [-0.39, 0.29) is 17.5 Å². The van der Waals surface area contributed by atoms with Crippen LogP contribution in [0.25, 0.3) is 0 Å². The predicted octanol–water partition coefficient (Wildman–Crippen LogP) is 6.53. The van der Waals surface area contributed by atoms with E-state index in [2.05, 4.69) is 37.4 Å². The fourth-order valence-electron chi connectivity index (χ4n) is 8.42. The van der Waals surface area contributed by atoms with Gasteiger partial charge in [-0.3, -0.25) is 4.79 Å². The number of carbonyl (C=O) groups is 1. The Morgan fingerprint density at radius 3 is 2.39 bits per heavy atom. The van der Waals surface area contributed by atoms with Gasteiger partial charge in [0.15, 0.2) is 0 Å². The summed E-state index contributed by atoms with van der Waals surface area (Å²) in [5, 5.41) is 0. The van der Waals surface area contributed by atoms with E-state index in [4.69, 9.17) is 4.74 Å². The maximum atomic E-state index is 11.7. The third kappa shape index (κ3) is 3.01. The molecule has 28 heavy (non-hydrogen) atoms. The molecule has 1 heterocycles. The third-order valence-corrected chi connectivity index (χ3v) is 13.4. The highest BCUT2D eigenvalue weighted by atomic mass is 32.2. The van der Waals surface area contributed by atoms with E-state index in [1.165, 1.54) is 69.3 Å². The summed E-state index contributed by atoms with van der Waals surface area (Å²) in [6.07, 6.45) is 13.9. The van der Waals surface area contributed by atoms with Gasteiger partial charge in [-0.15, -0.1) is 23.5 Å². The molecule has 5 fully saturated rings. The molecular formula is C24H38O2S2. The monoisotopic (exact) mass is 422 g/mol. The molecule has 7 unspecified atom stereocenters. The third-order valence-electron chi connectivity index (χ3n) is 9.91. The molecule has 0 N–H and O–H groups in total. The van der Waals surface area contributed by atoms with Crippen LogP contribution in [0.2, 0.25) is 0 Å². The first kappa shape index (κ1) is 20.1. The summed E-state index contributed by atoms with van der Waals surface area (Å²) in [5.41, 5.74) is 0.800. The quantitative estimate of drug-likeness (QED) is 0.449. The van der Waals surface area contributed by atoms with Crippen molar-refractivity contribution in [2.45, 2.75) is 95.2 Å². The Balaban J connectivity index is 1.35. The van der Waals surface area contributed by atoms with Crippen LogP contribution < -0.4 is 0 Å². The number of hydrogen-bond acceptors (Lipinski definition) is 4. The summed E-state index contributed by atoms with van der Waals surface area (Å²) in [7, 11) is 0. The molecule has 158 valence electrons. The first-order chi connectivity index (χ1) is 13.4. The molecule has 4 saturated carbocycles. The summed E-state index contributed by atoms with van der Waals surface area (Å²) in [5.74, 6) is 6.21. The van der Waals surface area contributed by atoms with Gasteiger partial charge in [-0.05, 0) is 105 Å². The Labute approximate surface area is 180 Å². The van der Waals surface area contributed by atoms with E-state index in [1.807, 2.05) is 0 Å². The van der Waals surface area contributed by atoms with Crippen LogP contribution in [0.5, 0.6) is 0 Å². The van der Waals surface area contributed by atoms with Crippen molar-refractivity contribution < 1.29 is 9.53 Å². The summed E-state index contributed by atoms with van der Waals surface area (Å²) < 4.78 is 6.39. The van der Waals surface area contributed by atoms with Crippen molar-refractivity contribution in [2.24, 2.45) is 34.5 Å². The number of ether oxygens (including phenoxy) is 1. The highest BCUT2D eigenvalue weighted by molar-refractivity contribution is 8.18. The molecule has 0 aromatic rings. The molecule has 0 radical (unpaired) electrons. The summed E-state index contributed by atoms with van der Waals surface area (Å²) in [6.45, 7) is 6.72. The predicted molar refractivity (Wildman–Crippen MR) is 120 cm³/mol. The van der Waals surface area contributed by atoms with Gasteiger partial charge in [0.25, 0.3) is 0 Å². The van der Waals surface area contributed by atoms with Gasteiger partial charge in [-0.1, -0.05) is 13.8 Å². The lowest BCUT2D eigenvalue weighted by Gasteiger charge is -2.62. The molecule has 5 rings (SSSR count). The number of carbonyl (C=O) groups excluding carboxylic acids is 1. The first-order valence-electron chi connectivity index (χ1n) is 11.8. The second-order valence-corrected chi connectivity index (χ2v) is 14.3. The minimum absolute atomic E-state index is 0.0790. The van der Waals surface area contributed by atoms with E-state index < -0.39 is 0 Å². The van der Waals surface area contributed by atoms with Crippen LogP contribution in [0.1, 0.15) is 85.0 Å². The van der Waals surface area contributed by atoms with E-state index in [0.29, 0.717) is 9.49 Å². The molecule has 1 saturated heterocycles. The zero-order chi connectivity index (χ0) is 19.6. The van der Waals surface area contributed by atoms with Gasteiger partial charge in [-0.25, -0.2) is 0 Å². The highest BCUT2D eigenvalue weighted by Crippen LogP contribution is 2.69. The largest absolute Gasteiger partial charge is 0.462 e. The second kappa shape index (κ2) is 7.11. The molecule has 0 bridgehead atoms. The number of esters is 1. The molecule has 0 amide bonds. The normalized spacial score (nSPS) is 49.8. The Morgan fingerprint density at radius 1 is 0.893 bits per heavy atom. The standard InChI is InChI=1S/C24H38O2S2/c1-16(25)26-21-8-7-19-18-6-5-17-15-24(27-13-4-14-28-24)12-11-22(17,2)20(18)9-10-23(19,21)3/h17-21H,4-15H2,1-3H3.